The Hall–Kier alpha value is -1.11. The minimum atomic E-state index is -0.905. The molecule has 2 rings (SSSR count). The molecule has 1 saturated heterocycles. The third kappa shape index (κ3) is 4.47. The van der Waals surface area contributed by atoms with Crippen molar-refractivity contribution in [2.75, 3.05) is 19.7 Å². The summed E-state index contributed by atoms with van der Waals surface area (Å²) in [6.07, 6.45) is 0.611. The third-order valence-corrected chi connectivity index (χ3v) is 4.44. The summed E-state index contributed by atoms with van der Waals surface area (Å²) in [7, 11) is 0. The number of aryl methyl sites for hydroxylation is 1. The molecule has 0 spiro atoms. The Morgan fingerprint density at radius 2 is 2.35 bits per heavy atom. The normalized spacial score (nSPS) is 19.1. The highest BCUT2D eigenvalue weighted by molar-refractivity contribution is 7.10. The van der Waals surface area contributed by atoms with Crippen LogP contribution in [0, 0.1) is 0 Å². The summed E-state index contributed by atoms with van der Waals surface area (Å²) in [5, 5.41) is 11.3. The van der Waals surface area contributed by atoms with Gasteiger partial charge in [0.1, 0.15) is 0 Å². The van der Waals surface area contributed by atoms with Crippen molar-refractivity contribution in [1.29, 1.82) is 0 Å². The van der Waals surface area contributed by atoms with Crippen LogP contribution in [-0.4, -0.2) is 47.7 Å². The molecule has 1 aromatic rings. The summed E-state index contributed by atoms with van der Waals surface area (Å²) in [6, 6.07) is 1.87. The van der Waals surface area contributed by atoms with E-state index < -0.39 is 12.1 Å². The third-order valence-electron chi connectivity index (χ3n) is 3.10. The molecule has 0 aromatic carbocycles. The average Bonchev–Trinajstić information content (AvgIpc) is 2.81. The number of hydrogen-bond acceptors (Lipinski definition) is 4. The zero-order valence-electron chi connectivity index (χ0n) is 10.9. The number of thiophene rings is 1. The van der Waals surface area contributed by atoms with Gasteiger partial charge in [-0.3, -0.25) is 9.59 Å². The van der Waals surface area contributed by atoms with Gasteiger partial charge in [0.2, 0.25) is 5.91 Å². The maximum Gasteiger partial charge on any atom is 0.306 e. The number of amides is 1. The number of halogens is 1. The van der Waals surface area contributed by atoms with Gasteiger partial charge < -0.3 is 14.7 Å². The topological polar surface area (TPSA) is 66.8 Å². The molecule has 0 saturated carbocycles. The standard InChI is InChI=1S/C13H16ClNO4S/c14-9-5-11(20-8-9)1-2-12(16)15-3-4-19-10(7-15)6-13(17)18/h5,8,10H,1-4,6-7H2,(H,17,18). The number of ether oxygens (including phenoxy) is 1. The summed E-state index contributed by atoms with van der Waals surface area (Å²) in [5.41, 5.74) is 0. The molecule has 5 nitrogen and oxygen atoms in total. The molecule has 0 aliphatic carbocycles. The van der Waals surface area contributed by atoms with Crippen molar-refractivity contribution in [2.45, 2.75) is 25.4 Å². The van der Waals surface area contributed by atoms with Crippen LogP contribution in [0.5, 0.6) is 0 Å². The number of carbonyl (C=O) groups excluding carboxylic acids is 1. The second-order valence-corrected chi connectivity index (χ2v) is 6.09. The number of rotatable bonds is 5. The first-order chi connectivity index (χ1) is 9.54. The minimum absolute atomic E-state index is 0.0354. The number of carboxylic acids is 1. The first-order valence-corrected chi connectivity index (χ1v) is 7.64. The molecule has 0 radical (unpaired) electrons. The molecule has 0 bridgehead atoms. The van der Waals surface area contributed by atoms with Crippen LogP contribution in [-0.2, 0) is 20.7 Å². The quantitative estimate of drug-likeness (QED) is 0.902. The summed E-state index contributed by atoms with van der Waals surface area (Å²) in [5.74, 6) is -0.870. The van der Waals surface area contributed by atoms with Gasteiger partial charge in [-0.25, -0.2) is 0 Å². The molecule has 1 aliphatic rings. The van der Waals surface area contributed by atoms with E-state index in [1.54, 1.807) is 16.2 Å². The van der Waals surface area contributed by atoms with E-state index in [0.29, 0.717) is 37.6 Å². The first-order valence-electron chi connectivity index (χ1n) is 6.38. The van der Waals surface area contributed by atoms with Crippen LogP contribution < -0.4 is 0 Å². The van der Waals surface area contributed by atoms with E-state index in [1.807, 2.05) is 11.4 Å². The molecule has 1 aromatic heterocycles. The molecule has 7 heteroatoms. The Morgan fingerprint density at radius 3 is 3.00 bits per heavy atom. The van der Waals surface area contributed by atoms with Crippen LogP contribution in [0.15, 0.2) is 11.4 Å². The molecule has 1 N–H and O–H groups in total. The molecule has 1 amide bonds. The van der Waals surface area contributed by atoms with Gasteiger partial charge in [0.25, 0.3) is 0 Å². The summed E-state index contributed by atoms with van der Waals surface area (Å²) >= 11 is 7.38. The maximum absolute atomic E-state index is 12.1. The molecule has 1 atom stereocenters. The lowest BCUT2D eigenvalue weighted by Crippen LogP contribution is -2.46. The van der Waals surface area contributed by atoms with Crippen LogP contribution in [0.3, 0.4) is 0 Å². The number of carboxylic acid groups (broad SMARTS) is 1. The Kier molecular flexibility index (Phi) is 5.39. The Morgan fingerprint density at radius 1 is 1.55 bits per heavy atom. The van der Waals surface area contributed by atoms with Gasteiger partial charge in [-0.1, -0.05) is 11.6 Å². The minimum Gasteiger partial charge on any atom is -0.481 e. The van der Waals surface area contributed by atoms with E-state index in [-0.39, 0.29) is 12.3 Å². The van der Waals surface area contributed by atoms with Gasteiger partial charge in [-0.2, -0.15) is 0 Å². The molecule has 20 heavy (non-hydrogen) atoms. The molecular weight excluding hydrogens is 302 g/mol. The van der Waals surface area contributed by atoms with Gasteiger partial charge in [0, 0.05) is 29.8 Å². The van der Waals surface area contributed by atoms with E-state index >= 15 is 0 Å². The Balaban J connectivity index is 1.81. The van der Waals surface area contributed by atoms with Crippen LogP contribution in [0.4, 0.5) is 0 Å². The summed E-state index contributed by atoms with van der Waals surface area (Å²) in [4.78, 5) is 25.5. The fourth-order valence-corrected chi connectivity index (χ4v) is 3.21. The van der Waals surface area contributed by atoms with Crippen molar-refractivity contribution in [3.63, 3.8) is 0 Å². The van der Waals surface area contributed by atoms with Crippen molar-refractivity contribution >= 4 is 34.8 Å². The summed E-state index contributed by atoms with van der Waals surface area (Å²) < 4.78 is 5.35. The highest BCUT2D eigenvalue weighted by Gasteiger charge is 2.25. The lowest BCUT2D eigenvalue weighted by molar-refractivity contribution is -0.147. The van der Waals surface area contributed by atoms with Crippen molar-refractivity contribution < 1.29 is 19.4 Å². The van der Waals surface area contributed by atoms with Crippen LogP contribution in [0.1, 0.15) is 17.7 Å². The molecule has 2 heterocycles. The Bertz CT molecular complexity index is 490. The highest BCUT2D eigenvalue weighted by Crippen LogP contribution is 2.21. The van der Waals surface area contributed by atoms with E-state index in [2.05, 4.69) is 0 Å². The number of carbonyl (C=O) groups is 2. The number of morpholine rings is 1. The lowest BCUT2D eigenvalue weighted by Gasteiger charge is -2.32. The maximum atomic E-state index is 12.1. The number of hydrogen-bond donors (Lipinski definition) is 1. The van der Waals surface area contributed by atoms with Gasteiger partial charge in [0.05, 0.1) is 24.2 Å². The summed E-state index contributed by atoms with van der Waals surface area (Å²) in [6.45, 7) is 1.28. The highest BCUT2D eigenvalue weighted by atomic mass is 35.5. The van der Waals surface area contributed by atoms with E-state index in [1.165, 1.54) is 0 Å². The molecule has 1 fully saturated rings. The van der Waals surface area contributed by atoms with Crippen molar-refractivity contribution in [3.8, 4) is 0 Å². The average molecular weight is 318 g/mol. The second-order valence-electron chi connectivity index (χ2n) is 4.66. The smallest absolute Gasteiger partial charge is 0.306 e. The Labute approximate surface area is 126 Å². The van der Waals surface area contributed by atoms with Gasteiger partial charge in [-0.15, -0.1) is 11.3 Å². The van der Waals surface area contributed by atoms with Gasteiger partial charge in [-0.05, 0) is 12.5 Å². The molecule has 1 unspecified atom stereocenters. The van der Waals surface area contributed by atoms with Crippen LogP contribution in [0.2, 0.25) is 5.02 Å². The van der Waals surface area contributed by atoms with Gasteiger partial charge in [0.15, 0.2) is 0 Å². The first kappa shape index (κ1) is 15.3. The zero-order chi connectivity index (χ0) is 14.5. The zero-order valence-corrected chi connectivity index (χ0v) is 12.5. The molecule has 1 aliphatic heterocycles. The number of nitrogens with zero attached hydrogens (tertiary/aromatic N) is 1. The van der Waals surface area contributed by atoms with Crippen molar-refractivity contribution in [1.82, 2.24) is 4.90 Å². The van der Waals surface area contributed by atoms with Crippen molar-refractivity contribution in [2.24, 2.45) is 0 Å². The predicted octanol–water partition coefficient (Wildman–Crippen LogP) is 2.04. The van der Waals surface area contributed by atoms with Gasteiger partial charge >= 0.3 is 5.97 Å². The molecule has 110 valence electrons. The van der Waals surface area contributed by atoms with E-state index in [9.17, 15) is 9.59 Å². The monoisotopic (exact) mass is 317 g/mol. The molecular formula is C13H16ClNO4S. The largest absolute Gasteiger partial charge is 0.481 e. The fraction of sp³-hybridized carbons (Fsp3) is 0.538. The SMILES string of the molecule is O=C(O)CC1CN(C(=O)CCc2cc(Cl)cs2)CCO1. The van der Waals surface area contributed by atoms with Crippen LogP contribution >= 0.6 is 22.9 Å². The predicted molar refractivity (Wildman–Crippen MR) is 76.2 cm³/mol. The van der Waals surface area contributed by atoms with E-state index in [0.717, 1.165) is 4.88 Å². The van der Waals surface area contributed by atoms with Crippen molar-refractivity contribution in [3.05, 3.63) is 21.3 Å². The fourth-order valence-electron chi connectivity index (χ4n) is 2.14. The van der Waals surface area contributed by atoms with Crippen LogP contribution in [0.25, 0.3) is 0 Å². The number of aliphatic carboxylic acids is 1. The lowest BCUT2D eigenvalue weighted by atomic mass is 10.2. The second kappa shape index (κ2) is 7.06. The van der Waals surface area contributed by atoms with E-state index in [4.69, 9.17) is 21.4 Å².